The van der Waals surface area contributed by atoms with Gasteiger partial charge in [0, 0.05) is 6.04 Å². The van der Waals surface area contributed by atoms with Crippen LogP contribution in [-0.2, 0) is 4.79 Å². The van der Waals surface area contributed by atoms with Crippen LogP contribution in [0, 0.1) is 6.92 Å². The number of aliphatic carboxylic acids is 1. The van der Waals surface area contributed by atoms with Crippen LogP contribution in [0.25, 0.3) is 0 Å². The Morgan fingerprint density at radius 2 is 2.00 bits per heavy atom. The normalized spacial score (nSPS) is 24.9. The van der Waals surface area contributed by atoms with Crippen LogP contribution < -0.4 is 5.32 Å². The summed E-state index contributed by atoms with van der Waals surface area (Å²) >= 11 is 0. The molecule has 19 heavy (non-hydrogen) atoms. The van der Waals surface area contributed by atoms with Crippen molar-refractivity contribution < 1.29 is 15.0 Å². The third-order valence-corrected chi connectivity index (χ3v) is 3.72. The molecule has 104 valence electrons. The van der Waals surface area contributed by atoms with Gasteiger partial charge < -0.3 is 10.2 Å². The van der Waals surface area contributed by atoms with E-state index >= 15 is 0 Å². The van der Waals surface area contributed by atoms with E-state index in [1.54, 1.807) is 0 Å². The van der Waals surface area contributed by atoms with Gasteiger partial charge in [-0.3, -0.25) is 10.1 Å². The topological polar surface area (TPSA) is 69.6 Å². The number of carbonyl (C=O) groups is 1. The van der Waals surface area contributed by atoms with Crippen LogP contribution in [0.15, 0.2) is 24.3 Å². The standard InChI is InChI=1S/C15H21NO3/c1-10-3-2-4-11(9-10)14(15(18)19)16-12-5-7-13(17)8-6-12/h2-4,9,12-14,16-17H,5-8H2,1H3,(H,18,19). The van der Waals surface area contributed by atoms with Gasteiger partial charge in [-0.05, 0) is 38.2 Å². The van der Waals surface area contributed by atoms with Gasteiger partial charge in [0.2, 0.25) is 0 Å². The van der Waals surface area contributed by atoms with Crippen molar-refractivity contribution in [2.75, 3.05) is 0 Å². The van der Waals surface area contributed by atoms with Crippen LogP contribution in [0.5, 0.6) is 0 Å². The zero-order chi connectivity index (χ0) is 13.8. The highest BCUT2D eigenvalue weighted by Crippen LogP contribution is 2.22. The molecule has 0 radical (unpaired) electrons. The van der Waals surface area contributed by atoms with Crippen molar-refractivity contribution in [3.63, 3.8) is 0 Å². The molecule has 0 saturated heterocycles. The van der Waals surface area contributed by atoms with Crippen LogP contribution in [0.4, 0.5) is 0 Å². The van der Waals surface area contributed by atoms with E-state index in [1.807, 2.05) is 31.2 Å². The molecule has 1 saturated carbocycles. The Kier molecular flexibility index (Phi) is 4.56. The minimum atomic E-state index is -0.850. The largest absolute Gasteiger partial charge is 0.480 e. The molecule has 1 aliphatic rings. The molecular formula is C15H21NO3. The van der Waals surface area contributed by atoms with E-state index in [2.05, 4.69) is 5.32 Å². The molecule has 4 heteroatoms. The van der Waals surface area contributed by atoms with E-state index in [0.717, 1.165) is 36.8 Å². The smallest absolute Gasteiger partial charge is 0.325 e. The molecule has 1 aromatic rings. The van der Waals surface area contributed by atoms with Crippen LogP contribution >= 0.6 is 0 Å². The minimum Gasteiger partial charge on any atom is -0.480 e. The summed E-state index contributed by atoms with van der Waals surface area (Å²) in [7, 11) is 0. The first-order valence-electron chi connectivity index (χ1n) is 6.79. The van der Waals surface area contributed by atoms with Gasteiger partial charge in [0.1, 0.15) is 6.04 Å². The number of aliphatic hydroxyl groups is 1. The molecule has 4 nitrogen and oxygen atoms in total. The summed E-state index contributed by atoms with van der Waals surface area (Å²) in [6, 6.07) is 7.09. The molecular weight excluding hydrogens is 242 g/mol. The Bertz CT molecular complexity index is 439. The fourth-order valence-corrected chi connectivity index (χ4v) is 2.64. The van der Waals surface area contributed by atoms with E-state index < -0.39 is 12.0 Å². The highest BCUT2D eigenvalue weighted by molar-refractivity contribution is 5.75. The molecule has 0 bridgehead atoms. The van der Waals surface area contributed by atoms with Crippen molar-refractivity contribution in [1.82, 2.24) is 5.32 Å². The molecule has 1 fully saturated rings. The SMILES string of the molecule is Cc1cccc(C(NC2CCC(O)CC2)C(=O)O)c1. The van der Waals surface area contributed by atoms with E-state index in [9.17, 15) is 15.0 Å². The third kappa shape index (κ3) is 3.78. The highest BCUT2D eigenvalue weighted by Gasteiger charge is 2.26. The Labute approximate surface area is 113 Å². The van der Waals surface area contributed by atoms with Crippen LogP contribution in [0.2, 0.25) is 0 Å². The Hall–Kier alpha value is -1.39. The first-order valence-corrected chi connectivity index (χ1v) is 6.79. The van der Waals surface area contributed by atoms with Gasteiger partial charge in [0.15, 0.2) is 0 Å². The number of carboxylic acids is 1. The lowest BCUT2D eigenvalue weighted by molar-refractivity contribution is -0.140. The van der Waals surface area contributed by atoms with Gasteiger partial charge in [-0.15, -0.1) is 0 Å². The summed E-state index contributed by atoms with van der Waals surface area (Å²) < 4.78 is 0. The van der Waals surface area contributed by atoms with E-state index in [1.165, 1.54) is 0 Å². The zero-order valence-corrected chi connectivity index (χ0v) is 11.2. The average Bonchev–Trinajstić information content (AvgIpc) is 2.37. The molecule has 1 aliphatic carbocycles. The Morgan fingerprint density at radius 3 is 2.58 bits per heavy atom. The molecule has 0 aliphatic heterocycles. The maximum absolute atomic E-state index is 11.4. The maximum Gasteiger partial charge on any atom is 0.325 e. The molecule has 1 unspecified atom stereocenters. The second-order valence-electron chi connectivity index (χ2n) is 5.36. The zero-order valence-electron chi connectivity index (χ0n) is 11.2. The van der Waals surface area contributed by atoms with Gasteiger partial charge in [0.25, 0.3) is 0 Å². The van der Waals surface area contributed by atoms with Crippen molar-refractivity contribution in [2.24, 2.45) is 0 Å². The van der Waals surface area contributed by atoms with Gasteiger partial charge >= 0.3 is 5.97 Å². The van der Waals surface area contributed by atoms with Gasteiger partial charge in [-0.2, -0.15) is 0 Å². The molecule has 3 N–H and O–H groups in total. The number of hydrogen-bond acceptors (Lipinski definition) is 3. The van der Waals surface area contributed by atoms with E-state index in [0.29, 0.717) is 0 Å². The third-order valence-electron chi connectivity index (χ3n) is 3.72. The molecule has 0 amide bonds. The number of aliphatic hydroxyl groups excluding tert-OH is 1. The molecule has 0 spiro atoms. The first kappa shape index (κ1) is 14.0. The lowest BCUT2D eigenvalue weighted by Crippen LogP contribution is -2.40. The van der Waals surface area contributed by atoms with Gasteiger partial charge in [0.05, 0.1) is 6.10 Å². The fourth-order valence-electron chi connectivity index (χ4n) is 2.64. The van der Waals surface area contributed by atoms with Crippen molar-refractivity contribution in [1.29, 1.82) is 0 Å². The molecule has 2 rings (SSSR count). The van der Waals surface area contributed by atoms with Gasteiger partial charge in [-0.25, -0.2) is 0 Å². The molecule has 1 aromatic carbocycles. The number of benzene rings is 1. The number of rotatable bonds is 4. The minimum absolute atomic E-state index is 0.171. The predicted octanol–water partition coefficient (Wildman–Crippen LogP) is 2.01. The summed E-state index contributed by atoms with van der Waals surface area (Å²) in [5.74, 6) is -0.850. The molecule has 0 heterocycles. The average molecular weight is 263 g/mol. The lowest BCUT2D eigenvalue weighted by atomic mass is 9.92. The first-order chi connectivity index (χ1) is 9.06. The summed E-state index contributed by atoms with van der Waals surface area (Å²) in [5.41, 5.74) is 1.85. The lowest BCUT2D eigenvalue weighted by Gasteiger charge is -2.29. The number of nitrogens with one attached hydrogen (secondary N) is 1. The monoisotopic (exact) mass is 263 g/mol. The number of hydrogen-bond donors (Lipinski definition) is 3. The highest BCUT2D eigenvalue weighted by atomic mass is 16.4. The van der Waals surface area contributed by atoms with Crippen molar-refractivity contribution >= 4 is 5.97 Å². The van der Waals surface area contributed by atoms with Crippen molar-refractivity contribution in [2.45, 2.75) is 50.8 Å². The molecule has 0 aromatic heterocycles. The molecule has 1 atom stereocenters. The van der Waals surface area contributed by atoms with Gasteiger partial charge in [-0.1, -0.05) is 29.8 Å². The number of carboxylic acid groups (broad SMARTS) is 1. The summed E-state index contributed by atoms with van der Waals surface area (Å²) in [5, 5.41) is 22.1. The fraction of sp³-hybridized carbons (Fsp3) is 0.533. The summed E-state index contributed by atoms with van der Waals surface area (Å²) in [6.07, 6.45) is 2.93. The summed E-state index contributed by atoms with van der Waals surface area (Å²) in [4.78, 5) is 11.4. The van der Waals surface area contributed by atoms with Crippen LogP contribution in [-0.4, -0.2) is 28.3 Å². The van der Waals surface area contributed by atoms with E-state index in [4.69, 9.17) is 0 Å². The quantitative estimate of drug-likeness (QED) is 0.777. The van der Waals surface area contributed by atoms with Crippen molar-refractivity contribution in [3.8, 4) is 0 Å². The van der Waals surface area contributed by atoms with Crippen LogP contribution in [0.3, 0.4) is 0 Å². The Morgan fingerprint density at radius 1 is 1.32 bits per heavy atom. The summed E-state index contributed by atoms with van der Waals surface area (Å²) in [6.45, 7) is 1.96. The van der Waals surface area contributed by atoms with Crippen LogP contribution in [0.1, 0.15) is 42.9 Å². The van der Waals surface area contributed by atoms with Crippen molar-refractivity contribution in [3.05, 3.63) is 35.4 Å². The predicted molar refractivity (Wildman–Crippen MR) is 73.0 cm³/mol. The maximum atomic E-state index is 11.4. The number of aryl methyl sites for hydroxylation is 1. The second-order valence-corrected chi connectivity index (χ2v) is 5.36. The Balaban J connectivity index is 2.06. The second kappa shape index (κ2) is 6.17. The van der Waals surface area contributed by atoms with E-state index in [-0.39, 0.29) is 12.1 Å².